The third kappa shape index (κ3) is 2.47. The van der Waals surface area contributed by atoms with E-state index in [4.69, 9.17) is 16.7 Å². The van der Waals surface area contributed by atoms with Crippen LogP contribution in [-0.4, -0.2) is 29.3 Å². The minimum Gasteiger partial charge on any atom is -0.396 e. The van der Waals surface area contributed by atoms with Gasteiger partial charge in [0.1, 0.15) is 5.82 Å². The van der Waals surface area contributed by atoms with Gasteiger partial charge in [0.15, 0.2) is 0 Å². The molecule has 1 fully saturated rings. The molecule has 0 amide bonds. The first-order valence-electron chi connectivity index (χ1n) is 5.81. The number of anilines is 1. The summed E-state index contributed by atoms with van der Waals surface area (Å²) in [6, 6.07) is 4.27. The molecular weight excluding hydrogens is 224 g/mol. The van der Waals surface area contributed by atoms with Gasteiger partial charge in [-0.05, 0) is 37.8 Å². The van der Waals surface area contributed by atoms with Crippen molar-refractivity contribution in [3.63, 3.8) is 0 Å². The third-order valence-electron chi connectivity index (χ3n) is 3.08. The molecule has 1 aromatic heterocycles. The Morgan fingerprint density at radius 3 is 2.88 bits per heavy atom. The second-order valence-corrected chi connectivity index (χ2v) is 4.57. The fraction of sp³-hybridized carbons (Fsp3) is 0.583. The zero-order valence-corrected chi connectivity index (χ0v) is 10.0. The van der Waals surface area contributed by atoms with Crippen LogP contribution >= 0.6 is 11.6 Å². The minimum atomic E-state index is 0.216. The SMILES string of the molecule is OCCCN(c1ncccc1Cl)C1CCC1. The average molecular weight is 241 g/mol. The second-order valence-electron chi connectivity index (χ2n) is 4.16. The molecule has 0 aromatic carbocycles. The lowest BCUT2D eigenvalue weighted by Crippen LogP contribution is -2.41. The van der Waals surface area contributed by atoms with Crippen molar-refractivity contribution in [2.75, 3.05) is 18.1 Å². The van der Waals surface area contributed by atoms with Crippen molar-refractivity contribution in [3.05, 3.63) is 23.4 Å². The summed E-state index contributed by atoms with van der Waals surface area (Å²) in [6.45, 7) is 1.05. The van der Waals surface area contributed by atoms with Crippen LogP contribution in [0.25, 0.3) is 0 Å². The van der Waals surface area contributed by atoms with Gasteiger partial charge in [-0.1, -0.05) is 11.6 Å². The Morgan fingerprint density at radius 1 is 1.50 bits per heavy atom. The van der Waals surface area contributed by atoms with Gasteiger partial charge in [0, 0.05) is 25.4 Å². The number of halogens is 1. The first kappa shape index (κ1) is 11.7. The van der Waals surface area contributed by atoms with E-state index in [-0.39, 0.29) is 6.61 Å². The summed E-state index contributed by atoms with van der Waals surface area (Å²) in [7, 11) is 0. The molecule has 0 unspecified atom stereocenters. The molecular formula is C12H17ClN2O. The number of hydrogen-bond acceptors (Lipinski definition) is 3. The average Bonchev–Trinajstić information content (AvgIpc) is 2.22. The van der Waals surface area contributed by atoms with Crippen molar-refractivity contribution < 1.29 is 5.11 Å². The van der Waals surface area contributed by atoms with Gasteiger partial charge in [-0.15, -0.1) is 0 Å². The zero-order chi connectivity index (χ0) is 11.4. The largest absolute Gasteiger partial charge is 0.396 e. The quantitative estimate of drug-likeness (QED) is 0.859. The molecule has 2 rings (SSSR count). The zero-order valence-electron chi connectivity index (χ0n) is 9.27. The molecule has 1 heterocycles. The lowest BCUT2D eigenvalue weighted by Gasteiger charge is -2.38. The maximum Gasteiger partial charge on any atom is 0.147 e. The Kier molecular flexibility index (Phi) is 4.02. The number of aliphatic hydroxyl groups is 1. The molecule has 1 aliphatic rings. The Labute approximate surface area is 101 Å². The van der Waals surface area contributed by atoms with E-state index in [0.29, 0.717) is 11.1 Å². The van der Waals surface area contributed by atoms with E-state index in [9.17, 15) is 0 Å². The van der Waals surface area contributed by atoms with Crippen LogP contribution in [0.2, 0.25) is 5.02 Å². The van der Waals surface area contributed by atoms with Crippen LogP contribution in [0.4, 0.5) is 5.82 Å². The molecule has 0 atom stereocenters. The molecule has 1 saturated carbocycles. The van der Waals surface area contributed by atoms with E-state index in [1.54, 1.807) is 6.20 Å². The number of aromatic nitrogens is 1. The van der Waals surface area contributed by atoms with Crippen molar-refractivity contribution in [1.29, 1.82) is 0 Å². The van der Waals surface area contributed by atoms with E-state index < -0.39 is 0 Å². The lowest BCUT2D eigenvalue weighted by atomic mass is 9.91. The Morgan fingerprint density at radius 2 is 2.31 bits per heavy atom. The Balaban J connectivity index is 2.13. The predicted molar refractivity (Wildman–Crippen MR) is 65.9 cm³/mol. The second kappa shape index (κ2) is 5.51. The van der Waals surface area contributed by atoms with E-state index in [1.807, 2.05) is 12.1 Å². The molecule has 0 bridgehead atoms. The van der Waals surface area contributed by atoms with Gasteiger partial charge in [-0.3, -0.25) is 0 Å². The summed E-state index contributed by atoms with van der Waals surface area (Å²) in [5, 5.41) is 9.63. The molecule has 0 aliphatic heterocycles. The Hall–Kier alpha value is -0.800. The minimum absolute atomic E-state index is 0.216. The van der Waals surface area contributed by atoms with Gasteiger partial charge >= 0.3 is 0 Å². The van der Waals surface area contributed by atoms with Crippen LogP contribution in [0, 0.1) is 0 Å². The van der Waals surface area contributed by atoms with Crippen LogP contribution < -0.4 is 4.90 Å². The van der Waals surface area contributed by atoms with Crippen LogP contribution in [0.5, 0.6) is 0 Å². The van der Waals surface area contributed by atoms with Crippen molar-refractivity contribution in [1.82, 2.24) is 4.98 Å². The van der Waals surface area contributed by atoms with E-state index in [2.05, 4.69) is 9.88 Å². The van der Waals surface area contributed by atoms with Crippen molar-refractivity contribution in [3.8, 4) is 0 Å². The van der Waals surface area contributed by atoms with Crippen molar-refractivity contribution in [2.45, 2.75) is 31.7 Å². The maximum atomic E-state index is 8.92. The maximum absolute atomic E-state index is 8.92. The first-order chi connectivity index (χ1) is 7.83. The molecule has 0 radical (unpaired) electrons. The smallest absolute Gasteiger partial charge is 0.147 e. The van der Waals surface area contributed by atoms with Gasteiger partial charge < -0.3 is 10.0 Å². The molecule has 1 N–H and O–H groups in total. The van der Waals surface area contributed by atoms with E-state index in [1.165, 1.54) is 19.3 Å². The number of aliphatic hydroxyl groups excluding tert-OH is 1. The fourth-order valence-corrected chi connectivity index (χ4v) is 2.22. The summed E-state index contributed by atoms with van der Waals surface area (Å²) in [4.78, 5) is 6.58. The molecule has 4 heteroatoms. The molecule has 0 saturated heterocycles. The van der Waals surface area contributed by atoms with Crippen molar-refractivity contribution in [2.24, 2.45) is 0 Å². The van der Waals surface area contributed by atoms with Gasteiger partial charge in [0.25, 0.3) is 0 Å². The molecule has 1 aliphatic carbocycles. The molecule has 3 nitrogen and oxygen atoms in total. The van der Waals surface area contributed by atoms with Gasteiger partial charge in [0.2, 0.25) is 0 Å². The normalized spacial score (nSPS) is 15.9. The third-order valence-corrected chi connectivity index (χ3v) is 3.38. The number of nitrogens with zero attached hydrogens (tertiary/aromatic N) is 2. The highest BCUT2D eigenvalue weighted by Crippen LogP contribution is 2.32. The summed E-state index contributed by atoms with van der Waals surface area (Å²) in [5.74, 6) is 0.863. The molecule has 16 heavy (non-hydrogen) atoms. The van der Waals surface area contributed by atoms with Crippen LogP contribution in [-0.2, 0) is 0 Å². The van der Waals surface area contributed by atoms with Crippen LogP contribution in [0.3, 0.4) is 0 Å². The summed E-state index contributed by atoms with van der Waals surface area (Å²) < 4.78 is 0. The lowest BCUT2D eigenvalue weighted by molar-refractivity contribution is 0.282. The molecule has 0 spiro atoms. The van der Waals surface area contributed by atoms with Gasteiger partial charge in [-0.25, -0.2) is 4.98 Å². The topological polar surface area (TPSA) is 36.4 Å². The first-order valence-corrected chi connectivity index (χ1v) is 6.18. The van der Waals surface area contributed by atoms with Crippen molar-refractivity contribution >= 4 is 17.4 Å². The highest BCUT2D eigenvalue weighted by atomic mass is 35.5. The number of rotatable bonds is 5. The van der Waals surface area contributed by atoms with Gasteiger partial charge in [-0.2, -0.15) is 0 Å². The van der Waals surface area contributed by atoms with Crippen LogP contribution in [0.1, 0.15) is 25.7 Å². The fourth-order valence-electron chi connectivity index (χ4n) is 1.99. The summed E-state index contributed by atoms with van der Waals surface area (Å²) >= 11 is 6.16. The Bertz CT molecular complexity index is 342. The molecule has 1 aromatic rings. The number of pyridine rings is 1. The van der Waals surface area contributed by atoms with Crippen LogP contribution in [0.15, 0.2) is 18.3 Å². The summed E-state index contributed by atoms with van der Waals surface area (Å²) in [6.07, 6.45) is 6.23. The monoisotopic (exact) mass is 240 g/mol. The predicted octanol–water partition coefficient (Wildman–Crippen LogP) is 2.48. The highest BCUT2D eigenvalue weighted by molar-refractivity contribution is 6.32. The number of hydrogen-bond donors (Lipinski definition) is 1. The molecule has 88 valence electrons. The highest BCUT2D eigenvalue weighted by Gasteiger charge is 2.26. The summed E-state index contributed by atoms with van der Waals surface area (Å²) in [5.41, 5.74) is 0. The van der Waals surface area contributed by atoms with E-state index >= 15 is 0 Å². The van der Waals surface area contributed by atoms with Gasteiger partial charge in [0.05, 0.1) is 5.02 Å². The standard InChI is InChI=1S/C12H17ClN2O/c13-11-6-2-7-14-12(11)15(8-3-9-16)10-4-1-5-10/h2,6-7,10,16H,1,3-5,8-9H2. The van der Waals surface area contributed by atoms with E-state index in [0.717, 1.165) is 18.8 Å².